The molecule has 0 radical (unpaired) electrons. The van der Waals surface area contributed by atoms with E-state index in [1.165, 1.54) is 0 Å². The van der Waals surface area contributed by atoms with Crippen LogP contribution in [-0.4, -0.2) is 11.7 Å². The van der Waals surface area contributed by atoms with Crippen LogP contribution in [0.4, 0.5) is 0 Å². The molecule has 4 heteroatoms. The topological polar surface area (TPSA) is 29.5 Å². The summed E-state index contributed by atoms with van der Waals surface area (Å²) >= 11 is 11.7. The summed E-state index contributed by atoms with van der Waals surface area (Å²) in [4.78, 5) is 0. The number of aliphatic hydroxyl groups excluding tert-OH is 1. The van der Waals surface area contributed by atoms with Crippen molar-refractivity contribution in [3.63, 3.8) is 0 Å². The van der Waals surface area contributed by atoms with Crippen LogP contribution in [0.25, 0.3) is 0 Å². The van der Waals surface area contributed by atoms with Crippen LogP contribution in [0, 0.1) is 0 Å². The second-order valence-corrected chi connectivity index (χ2v) is 3.73. The van der Waals surface area contributed by atoms with Crippen molar-refractivity contribution >= 4 is 23.2 Å². The summed E-state index contributed by atoms with van der Waals surface area (Å²) in [5, 5.41) is 10.0. The van der Waals surface area contributed by atoms with E-state index in [4.69, 9.17) is 33.0 Å². The highest BCUT2D eigenvalue weighted by Crippen LogP contribution is 2.32. The molecule has 14 heavy (non-hydrogen) atoms. The second-order valence-electron chi connectivity index (χ2n) is 2.88. The van der Waals surface area contributed by atoms with Gasteiger partial charge in [0.1, 0.15) is 5.75 Å². The van der Waals surface area contributed by atoms with Gasteiger partial charge in [-0.3, -0.25) is 0 Å². The zero-order chi connectivity index (χ0) is 10.6. The molecule has 78 valence electrons. The maximum atomic E-state index is 9.07. The zero-order valence-corrected chi connectivity index (χ0v) is 9.40. The predicted molar refractivity (Wildman–Crippen MR) is 58.2 cm³/mol. The number of hydrogen-bond donors (Lipinski definition) is 1. The number of hydrogen-bond acceptors (Lipinski definition) is 2. The molecule has 1 rings (SSSR count). The highest BCUT2D eigenvalue weighted by atomic mass is 35.5. The van der Waals surface area contributed by atoms with Crippen molar-refractivity contribution in [3.8, 4) is 5.75 Å². The Morgan fingerprint density at radius 2 is 2.07 bits per heavy atom. The Morgan fingerprint density at radius 1 is 1.36 bits per heavy atom. The average Bonchev–Trinajstić information content (AvgIpc) is 2.15. The molecule has 1 aromatic carbocycles. The molecule has 0 fully saturated rings. The van der Waals surface area contributed by atoms with Gasteiger partial charge in [0.05, 0.1) is 18.2 Å². The van der Waals surface area contributed by atoms with Crippen molar-refractivity contribution in [3.05, 3.63) is 27.7 Å². The Bertz CT molecular complexity index is 313. The lowest BCUT2D eigenvalue weighted by molar-refractivity contribution is 0.263. The average molecular weight is 235 g/mol. The van der Waals surface area contributed by atoms with Crippen molar-refractivity contribution in [2.75, 3.05) is 6.61 Å². The van der Waals surface area contributed by atoms with Gasteiger partial charge >= 0.3 is 0 Å². The lowest BCUT2D eigenvalue weighted by Gasteiger charge is -2.11. The molecule has 0 heterocycles. The van der Waals surface area contributed by atoms with Gasteiger partial charge < -0.3 is 9.84 Å². The molecule has 0 aliphatic carbocycles. The summed E-state index contributed by atoms with van der Waals surface area (Å²) in [5.74, 6) is 0.528. The molecule has 0 atom stereocenters. The summed E-state index contributed by atoms with van der Waals surface area (Å²) in [5.41, 5.74) is 0.621. The van der Waals surface area contributed by atoms with E-state index in [2.05, 4.69) is 0 Å². The fourth-order valence-electron chi connectivity index (χ4n) is 1.10. The SMILES string of the molecule is CCCOc1c(Cl)cc(Cl)cc1CO. The smallest absolute Gasteiger partial charge is 0.143 e. The van der Waals surface area contributed by atoms with E-state index in [-0.39, 0.29) is 6.61 Å². The van der Waals surface area contributed by atoms with E-state index in [9.17, 15) is 0 Å². The van der Waals surface area contributed by atoms with E-state index in [1.54, 1.807) is 12.1 Å². The second kappa shape index (κ2) is 5.44. The Hall–Kier alpha value is -0.440. The number of ether oxygens (including phenoxy) is 1. The minimum atomic E-state index is -0.126. The summed E-state index contributed by atoms with van der Waals surface area (Å²) in [6, 6.07) is 3.26. The number of benzene rings is 1. The van der Waals surface area contributed by atoms with Gasteiger partial charge in [0.15, 0.2) is 0 Å². The van der Waals surface area contributed by atoms with Gasteiger partial charge in [-0.2, -0.15) is 0 Å². The largest absolute Gasteiger partial charge is 0.492 e. The third kappa shape index (κ3) is 2.77. The normalized spacial score (nSPS) is 10.3. The van der Waals surface area contributed by atoms with Crippen molar-refractivity contribution in [1.82, 2.24) is 0 Å². The maximum absolute atomic E-state index is 9.07. The lowest BCUT2D eigenvalue weighted by atomic mass is 10.2. The molecular weight excluding hydrogens is 223 g/mol. The van der Waals surface area contributed by atoms with Gasteiger partial charge in [-0.05, 0) is 18.6 Å². The fraction of sp³-hybridized carbons (Fsp3) is 0.400. The Morgan fingerprint density at radius 3 is 2.64 bits per heavy atom. The van der Waals surface area contributed by atoms with Gasteiger partial charge in [0, 0.05) is 10.6 Å². The number of aliphatic hydroxyl groups is 1. The van der Waals surface area contributed by atoms with Gasteiger partial charge in [-0.25, -0.2) is 0 Å². The van der Waals surface area contributed by atoms with Gasteiger partial charge in [-0.15, -0.1) is 0 Å². The number of rotatable bonds is 4. The molecule has 0 saturated carbocycles. The van der Waals surface area contributed by atoms with Crippen molar-refractivity contribution in [2.45, 2.75) is 20.0 Å². The van der Waals surface area contributed by atoms with Crippen LogP contribution < -0.4 is 4.74 Å². The highest BCUT2D eigenvalue weighted by molar-refractivity contribution is 6.35. The Labute approximate surface area is 93.4 Å². The van der Waals surface area contributed by atoms with Crippen molar-refractivity contribution in [1.29, 1.82) is 0 Å². The molecular formula is C10H12Cl2O2. The lowest BCUT2D eigenvalue weighted by Crippen LogP contribution is -1.99. The van der Waals surface area contributed by atoms with Crippen LogP contribution in [0.2, 0.25) is 10.0 Å². The molecule has 0 aliphatic rings. The first-order chi connectivity index (χ1) is 6.69. The predicted octanol–water partition coefficient (Wildman–Crippen LogP) is 3.27. The number of halogens is 2. The third-order valence-corrected chi connectivity index (χ3v) is 2.21. The highest BCUT2D eigenvalue weighted by Gasteiger charge is 2.09. The Balaban J connectivity index is 2.99. The van der Waals surface area contributed by atoms with Crippen LogP contribution in [0.5, 0.6) is 5.75 Å². The van der Waals surface area contributed by atoms with Crippen molar-refractivity contribution < 1.29 is 9.84 Å². The third-order valence-electron chi connectivity index (χ3n) is 1.71. The summed E-state index contributed by atoms with van der Waals surface area (Å²) < 4.78 is 5.41. The van der Waals surface area contributed by atoms with Crippen LogP contribution >= 0.6 is 23.2 Å². The van der Waals surface area contributed by atoms with Gasteiger partial charge in [-0.1, -0.05) is 30.1 Å². The van der Waals surface area contributed by atoms with Crippen molar-refractivity contribution in [2.24, 2.45) is 0 Å². The molecule has 2 nitrogen and oxygen atoms in total. The standard InChI is InChI=1S/C10H12Cl2O2/c1-2-3-14-10-7(6-13)4-8(11)5-9(10)12/h4-5,13H,2-3,6H2,1H3. The fourth-order valence-corrected chi connectivity index (χ4v) is 1.69. The van der Waals surface area contributed by atoms with Crippen LogP contribution in [0.1, 0.15) is 18.9 Å². The molecule has 0 aromatic heterocycles. The first-order valence-corrected chi connectivity index (χ1v) is 5.16. The molecule has 0 saturated heterocycles. The van der Waals surface area contributed by atoms with Crippen LogP contribution in [-0.2, 0) is 6.61 Å². The summed E-state index contributed by atoms with van der Waals surface area (Å²) in [6.07, 6.45) is 0.893. The van der Waals surface area contributed by atoms with E-state index in [0.717, 1.165) is 6.42 Å². The molecule has 1 aromatic rings. The minimum Gasteiger partial charge on any atom is -0.492 e. The maximum Gasteiger partial charge on any atom is 0.143 e. The van der Waals surface area contributed by atoms with Gasteiger partial charge in [0.2, 0.25) is 0 Å². The van der Waals surface area contributed by atoms with E-state index in [1.807, 2.05) is 6.92 Å². The summed E-state index contributed by atoms with van der Waals surface area (Å²) in [6.45, 7) is 2.45. The van der Waals surface area contributed by atoms with Crippen LogP contribution in [0.15, 0.2) is 12.1 Å². The minimum absolute atomic E-state index is 0.126. The molecule has 0 spiro atoms. The quantitative estimate of drug-likeness (QED) is 0.867. The molecule has 0 bridgehead atoms. The first kappa shape index (κ1) is 11.6. The molecule has 0 amide bonds. The van der Waals surface area contributed by atoms with E-state index in [0.29, 0.717) is 28.0 Å². The van der Waals surface area contributed by atoms with Gasteiger partial charge in [0.25, 0.3) is 0 Å². The molecule has 0 unspecified atom stereocenters. The molecule has 1 N–H and O–H groups in total. The molecule has 0 aliphatic heterocycles. The zero-order valence-electron chi connectivity index (χ0n) is 7.89. The van der Waals surface area contributed by atoms with E-state index < -0.39 is 0 Å². The Kier molecular flexibility index (Phi) is 4.52. The monoisotopic (exact) mass is 234 g/mol. The van der Waals surface area contributed by atoms with E-state index >= 15 is 0 Å². The first-order valence-electron chi connectivity index (χ1n) is 4.40. The van der Waals surface area contributed by atoms with Crippen LogP contribution in [0.3, 0.4) is 0 Å². The summed E-state index contributed by atoms with van der Waals surface area (Å²) in [7, 11) is 0.